The minimum Gasteiger partial charge on any atom is -0.433 e. The Bertz CT molecular complexity index is 454. The van der Waals surface area contributed by atoms with Crippen molar-refractivity contribution in [2.75, 3.05) is 6.26 Å². The maximum Gasteiger partial charge on any atom is 0.387 e. The molecule has 0 saturated carbocycles. The second-order valence-corrected chi connectivity index (χ2v) is 5.04. The lowest BCUT2D eigenvalue weighted by atomic mass is 10.2. The highest BCUT2D eigenvalue weighted by Gasteiger charge is 2.18. The maximum atomic E-state index is 12.1. The van der Waals surface area contributed by atoms with Gasteiger partial charge >= 0.3 is 6.61 Å². The zero-order chi connectivity index (χ0) is 11.6. The lowest BCUT2D eigenvalue weighted by molar-refractivity contribution is -0.0522. The van der Waals surface area contributed by atoms with Gasteiger partial charge in [-0.05, 0) is 18.6 Å². The van der Waals surface area contributed by atoms with Crippen LogP contribution in [0.5, 0.6) is 5.75 Å². The SMILES string of the molecule is Cc1cccc(S(C)(=O)=O)c1OC(F)F. The van der Waals surface area contributed by atoms with Gasteiger partial charge in [0.25, 0.3) is 0 Å². The van der Waals surface area contributed by atoms with Gasteiger partial charge in [-0.1, -0.05) is 12.1 Å². The fraction of sp³-hybridized carbons (Fsp3) is 0.333. The topological polar surface area (TPSA) is 43.4 Å². The van der Waals surface area contributed by atoms with Gasteiger partial charge in [-0.2, -0.15) is 8.78 Å². The Labute approximate surface area is 86.6 Å². The fourth-order valence-corrected chi connectivity index (χ4v) is 2.03. The molecule has 0 aliphatic rings. The van der Waals surface area contributed by atoms with Crippen molar-refractivity contribution in [1.82, 2.24) is 0 Å². The maximum absolute atomic E-state index is 12.1. The van der Waals surface area contributed by atoms with E-state index in [0.717, 1.165) is 6.26 Å². The Morgan fingerprint density at radius 1 is 1.33 bits per heavy atom. The number of rotatable bonds is 3. The van der Waals surface area contributed by atoms with Crippen LogP contribution >= 0.6 is 0 Å². The number of benzene rings is 1. The minimum atomic E-state index is -3.56. The molecule has 0 fully saturated rings. The Hall–Kier alpha value is -1.17. The second kappa shape index (κ2) is 4.14. The highest BCUT2D eigenvalue weighted by Crippen LogP contribution is 2.28. The van der Waals surface area contributed by atoms with Crippen molar-refractivity contribution in [2.24, 2.45) is 0 Å². The van der Waals surface area contributed by atoms with E-state index in [4.69, 9.17) is 0 Å². The largest absolute Gasteiger partial charge is 0.433 e. The monoisotopic (exact) mass is 236 g/mol. The van der Waals surface area contributed by atoms with Crippen molar-refractivity contribution in [3.05, 3.63) is 23.8 Å². The predicted octanol–water partition coefficient (Wildman–Crippen LogP) is 2.00. The highest BCUT2D eigenvalue weighted by molar-refractivity contribution is 7.90. The highest BCUT2D eigenvalue weighted by atomic mass is 32.2. The first kappa shape index (κ1) is 11.9. The molecular formula is C9H10F2O3S. The van der Waals surface area contributed by atoms with Gasteiger partial charge in [0.1, 0.15) is 10.6 Å². The van der Waals surface area contributed by atoms with Crippen molar-refractivity contribution in [1.29, 1.82) is 0 Å². The number of alkyl halides is 2. The van der Waals surface area contributed by atoms with E-state index in [-0.39, 0.29) is 10.6 Å². The van der Waals surface area contributed by atoms with Crippen molar-refractivity contribution >= 4 is 9.84 Å². The molecule has 0 spiro atoms. The number of aryl methyl sites for hydroxylation is 1. The average molecular weight is 236 g/mol. The van der Waals surface area contributed by atoms with E-state index in [2.05, 4.69) is 4.74 Å². The quantitative estimate of drug-likeness (QED) is 0.806. The van der Waals surface area contributed by atoms with Crippen LogP contribution in [0.2, 0.25) is 0 Å². The third-order valence-corrected chi connectivity index (χ3v) is 2.90. The molecule has 1 aromatic rings. The van der Waals surface area contributed by atoms with Gasteiger partial charge < -0.3 is 4.74 Å². The van der Waals surface area contributed by atoms with Gasteiger partial charge in [0.15, 0.2) is 9.84 Å². The first-order chi connectivity index (χ1) is 6.82. The van der Waals surface area contributed by atoms with E-state index in [1.165, 1.54) is 25.1 Å². The molecule has 0 N–H and O–H groups in total. The van der Waals surface area contributed by atoms with Gasteiger partial charge in [-0.15, -0.1) is 0 Å². The Morgan fingerprint density at radius 2 is 1.93 bits per heavy atom. The van der Waals surface area contributed by atoms with Gasteiger partial charge in [0, 0.05) is 6.26 Å². The number of hydrogen-bond acceptors (Lipinski definition) is 3. The summed E-state index contributed by atoms with van der Waals surface area (Å²) in [5.41, 5.74) is 0.359. The molecule has 84 valence electrons. The molecule has 1 rings (SSSR count). The minimum absolute atomic E-state index is 0.220. The van der Waals surface area contributed by atoms with E-state index in [1.54, 1.807) is 0 Å². The molecule has 0 aliphatic carbocycles. The molecule has 0 bridgehead atoms. The van der Waals surface area contributed by atoms with Gasteiger partial charge in [-0.25, -0.2) is 8.42 Å². The van der Waals surface area contributed by atoms with Crippen LogP contribution in [0.1, 0.15) is 5.56 Å². The van der Waals surface area contributed by atoms with E-state index >= 15 is 0 Å². The van der Waals surface area contributed by atoms with Crippen molar-refractivity contribution in [3.63, 3.8) is 0 Å². The first-order valence-corrected chi connectivity index (χ1v) is 5.96. The van der Waals surface area contributed by atoms with Crippen LogP contribution in [0.15, 0.2) is 23.1 Å². The molecule has 3 nitrogen and oxygen atoms in total. The van der Waals surface area contributed by atoms with E-state index < -0.39 is 16.4 Å². The summed E-state index contributed by atoms with van der Waals surface area (Å²) < 4.78 is 50.8. The fourth-order valence-electron chi connectivity index (χ4n) is 1.16. The predicted molar refractivity (Wildman–Crippen MR) is 50.9 cm³/mol. The smallest absolute Gasteiger partial charge is 0.387 e. The van der Waals surface area contributed by atoms with Gasteiger partial charge in [0.05, 0.1) is 0 Å². The lowest BCUT2D eigenvalue weighted by Gasteiger charge is -2.11. The number of sulfone groups is 1. The number of para-hydroxylation sites is 1. The molecule has 0 radical (unpaired) electrons. The summed E-state index contributed by atoms with van der Waals surface area (Å²) in [6, 6.07) is 4.22. The summed E-state index contributed by atoms with van der Waals surface area (Å²) in [5, 5.41) is 0. The molecule has 0 aromatic heterocycles. The normalized spacial score (nSPS) is 11.8. The Morgan fingerprint density at radius 3 is 2.40 bits per heavy atom. The van der Waals surface area contributed by atoms with E-state index in [1.807, 2.05) is 0 Å². The van der Waals surface area contributed by atoms with Crippen LogP contribution < -0.4 is 4.74 Å². The zero-order valence-electron chi connectivity index (χ0n) is 8.20. The van der Waals surface area contributed by atoms with Crippen molar-refractivity contribution in [3.8, 4) is 5.75 Å². The molecule has 1 aromatic carbocycles. The zero-order valence-corrected chi connectivity index (χ0v) is 9.01. The summed E-state index contributed by atoms with van der Waals surface area (Å²) in [6.45, 7) is -1.53. The van der Waals surface area contributed by atoms with Gasteiger partial charge in [-0.3, -0.25) is 0 Å². The van der Waals surface area contributed by atoms with Gasteiger partial charge in [0.2, 0.25) is 0 Å². The summed E-state index contributed by atoms with van der Waals surface area (Å²) >= 11 is 0. The third kappa shape index (κ3) is 2.89. The molecule has 0 saturated heterocycles. The molecule has 0 unspecified atom stereocenters. The summed E-state index contributed by atoms with van der Waals surface area (Å²) in [4.78, 5) is -0.220. The van der Waals surface area contributed by atoms with Crippen LogP contribution in [-0.2, 0) is 9.84 Å². The van der Waals surface area contributed by atoms with Crippen LogP contribution in [0.4, 0.5) is 8.78 Å². The molecule has 15 heavy (non-hydrogen) atoms. The molecular weight excluding hydrogens is 226 g/mol. The number of ether oxygens (including phenoxy) is 1. The third-order valence-electron chi connectivity index (χ3n) is 1.78. The summed E-state index contributed by atoms with van der Waals surface area (Å²) in [5.74, 6) is -0.282. The molecule has 0 aliphatic heterocycles. The summed E-state index contributed by atoms with van der Waals surface area (Å²) in [6.07, 6.45) is 0.945. The average Bonchev–Trinajstić information content (AvgIpc) is 2.05. The van der Waals surface area contributed by atoms with Crippen LogP contribution in [-0.4, -0.2) is 21.3 Å². The lowest BCUT2D eigenvalue weighted by Crippen LogP contribution is -2.08. The first-order valence-electron chi connectivity index (χ1n) is 4.07. The molecule has 0 amide bonds. The number of halogens is 2. The van der Waals surface area contributed by atoms with E-state index in [0.29, 0.717) is 5.56 Å². The Kier molecular flexibility index (Phi) is 3.28. The molecule has 0 heterocycles. The molecule has 0 atom stereocenters. The standard InChI is InChI=1S/C9H10F2O3S/c1-6-4-3-5-7(15(2,12)13)8(6)14-9(10)11/h3-5,9H,1-2H3. The number of hydrogen-bond donors (Lipinski definition) is 0. The summed E-state index contributed by atoms with van der Waals surface area (Å²) in [7, 11) is -3.56. The van der Waals surface area contributed by atoms with E-state index in [9.17, 15) is 17.2 Å². The van der Waals surface area contributed by atoms with Crippen molar-refractivity contribution < 1.29 is 21.9 Å². The second-order valence-electron chi connectivity index (χ2n) is 3.05. The van der Waals surface area contributed by atoms with Crippen LogP contribution in [0.25, 0.3) is 0 Å². The van der Waals surface area contributed by atoms with Crippen molar-refractivity contribution in [2.45, 2.75) is 18.4 Å². The van der Waals surface area contributed by atoms with Crippen LogP contribution in [0, 0.1) is 6.92 Å². The van der Waals surface area contributed by atoms with Crippen LogP contribution in [0.3, 0.4) is 0 Å². The Balaban J connectivity index is 3.33. The molecule has 6 heteroatoms.